The van der Waals surface area contributed by atoms with Crippen LogP contribution in [0.15, 0.2) is 18.5 Å². The molecule has 72 valence electrons. The molecular weight excluding hydrogens is 180 g/mol. The molecule has 1 unspecified atom stereocenters. The molecule has 1 N–H and O–H groups in total. The van der Waals surface area contributed by atoms with Crippen molar-refractivity contribution in [1.82, 2.24) is 15.5 Å². The van der Waals surface area contributed by atoms with Crippen molar-refractivity contribution in [3.05, 3.63) is 24.0 Å². The quantitative estimate of drug-likeness (QED) is 0.753. The van der Waals surface area contributed by atoms with Gasteiger partial charge in [0, 0.05) is 6.04 Å². The Morgan fingerprint density at radius 3 is 3.07 bits per heavy atom. The fraction of sp³-hybridized carbons (Fsp3) is 0.333. The number of nitrogens with zero attached hydrogens (tertiary/aromatic N) is 3. The van der Waals surface area contributed by atoms with E-state index in [-0.39, 0.29) is 11.9 Å². The summed E-state index contributed by atoms with van der Waals surface area (Å²) in [5.74, 6) is -0.234. The molecular formula is C9H10N4O. The van der Waals surface area contributed by atoms with Crippen LogP contribution < -0.4 is 5.32 Å². The number of carbonyl (C=O) groups excluding carboxylic acids is 1. The van der Waals surface area contributed by atoms with E-state index in [9.17, 15) is 4.79 Å². The van der Waals surface area contributed by atoms with Crippen LogP contribution in [-0.2, 0) is 0 Å². The first-order valence-corrected chi connectivity index (χ1v) is 4.18. The van der Waals surface area contributed by atoms with E-state index in [0.29, 0.717) is 12.0 Å². The number of hydrogen-bond acceptors (Lipinski definition) is 4. The summed E-state index contributed by atoms with van der Waals surface area (Å²) in [5, 5.41) is 18.2. The molecule has 0 aromatic carbocycles. The van der Waals surface area contributed by atoms with E-state index < -0.39 is 0 Å². The SMILES string of the molecule is CC(CC#N)NC(=O)c1ccnnc1. The van der Waals surface area contributed by atoms with Crippen molar-refractivity contribution < 1.29 is 4.79 Å². The summed E-state index contributed by atoms with van der Waals surface area (Å²) in [6, 6.07) is 3.40. The first-order chi connectivity index (χ1) is 6.74. The molecule has 0 fully saturated rings. The summed E-state index contributed by atoms with van der Waals surface area (Å²) in [7, 11) is 0. The minimum Gasteiger partial charge on any atom is -0.348 e. The van der Waals surface area contributed by atoms with Crippen molar-refractivity contribution in [2.45, 2.75) is 19.4 Å². The van der Waals surface area contributed by atoms with Gasteiger partial charge in [0.05, 0.1) is 30.4 Å². The minimum atomic E-state index is -0.234. The molecule has 1 aromatic heterocycles. The Morgan fingerprint density at radius 1 is 1.71 bits per heavy atom. The molecule has 0 bridgehead atoms. The number of nitriles is 1. The Balaban J connectivity index is 2.56. The lowest BCUT2D eigenvalue weighted by atomic mass is 10.2. The van der Waals surface area contributed by atoms with Crippen LogP contribution >= 0.6 is 0 Å². The van der Waals surface area contributed by atoms with Gasteiger partial charge in [-0.25, -0.2) is 0 Å². The molecule has 0 spiro atoms. The smallest absolute Gasteiger partial charge is 0.253 e. The van der Waals surface area contributed by atoms with Crippen LogP contribution in [0, 0.1) is 11.3 Å². The molecule has 0 aliphatic carbocycles. The zero-order chi connectivity index (χ0) is 10.4. The van der Waals surface area contributed by atoms with Gasteiger partial charge >= 0.3 is 0 Å². The van der Waals surface area contributed by atoms with Crippen LogP contribution in [0.4, 0.5) is 0 Å². The second kappa shape index (κ2) is 4.92. The molecule has 0 saturated heterocycles. The predicted octanol–water partition coefficient (Wildman–Crippen LogP) is 0.509. The van der Waals surface area contributed by atoms with Gasteiger partial charge in [-0.2, -0.15) is 15.5 Å². The second-order valence-electron chi connectivity index (χ2n) is 2.87. The molecule has 0 saturated carbocycles. The molecule has 0 aliphatic rings. The monoisotopic (exact) mass is 190 g/mol. The lowest BCUT2D eigenvalue weighted by Crippen LogP contribution is -2.32. The number of amides is 1. The second-order valence-corrected chi connectivity index (χ2v) is 2.87. The maximum absolute atomic E-state index is 11.4. The fourth-order valence-electron chi connectivity index (χ4n) is 0.920. The highest BCUT2D eigenvalue weighted by atomic mass is 16.1. The van der Waals surface area contributed by atoms with Gasteiger partial charge < -0.3 is 5.32 Å². The Hall–Kier alpha value is -1.96. The average molecular weight is 190 g/mol. The normalized spacial score (nSPS) is 11.4. The Bertz CT molecular complexity index is 344. The summed E-state index contributed by atoms with van der Waals surface area (Å²) in [4.78, 5) is 11.4. The Kier molecular flexibility index (Phi) is 3.56. The minimum absolute atomic E-state index is 0.152. The van der Waals surface area contributed by atoms with Gasteiger partial charge in [-0.3, -0.25) is 4.79 Å². The molecule has 5 heteroatoms. The molecule has 1 heterocycles. The third-order valence-corrected chi connectivity index (χ3v) is 1.62. The third-order valence-electron chi connectivity index (χ3n) is 1.62. The Labute approximate surface area is 81.8 Å². The van der Waals surface area contributed by atoms with Crippen molar-refractivity contribution in [1.29, 1.82) is 5.26 Å². The molecule has 0 aliphatic heterocycles. The summed E-state index contributed by atoms with van der Waals surface area (Å²) in [5.41, 5.74) is 0.449. The molecule has 14 heavy (non-hydrogen) atoms. The van der Waals surface area contributed by atoms with E-state index in [2.05, 4.69) is 15.5 Å². The van der Waals surface area contributed by atoms with E-state index >= 15 is 0 Å². The van der Waals surface area contributed by atoms with Gasteiger partial charge in [0.2, 0.25) is 0 Å². The zero-order valence-electron chi connectivity index (χ0n) is 7.77. The summed E-state index contributed by atoms with van der Waals surface area (Å²) in [6.45, 7) is 1.77. The molecule has 5 nitrogen and oxygen atoms in total. The fourth-order valence-corrected chi connectivity index (χ4v) is 0.920. The van der Waals surface area contributed by atoms with Crippen LogP contribution in [-0.4, -0.2) is 22.1 Å². The first-order valence-electron chi connectivity index (χ1n) is 4.18. The van der Waals surface area contributed by atoms with Gasteiger partial charge in [-0.05, 0) is 13.0 Å². The van der Waals surface area contributed by atoms with Gasteiger partial charge in [0.15, 0.2) is 0 Å². The van der Waals surface area contributed by atoms with Crippen LogP contribution in [0.3, 0.4) is 0 Å². The molecule has 1 atom stereocenters. The van der Waals surface area contributed by atoms with Gasteiger partial charge in [0.25, 0.3) is 5.91 Å². The maximum atomic E-state index is 11.4. The summed E-state index contributed by atoms with van der Waals surface area (Å²) < 4.78 is 0. The molecule has 0 radical (unpaired) electrons. The van der Waals surface area contributed by atoms with Crippen molar-refractivity contribution in [2.75, 3.05) is 0 Å². The zero-order valence-corrected chi connectivity index (χ0v) is 7.77. The van der Waals surface area contributed by atoms with E-state index in [1.807, 2.05) is 6.07 Å². The lowest BCUT2D eigenvalue weighted by Gasteiger charge is -2.09. The number of carbonyl (C=O) groups is 1. The van der Waals surface area contributed by atoms with E-state index in [4.69, 9.17) is 5.26 Å². The number of aromatic nitrogens is 2. The summed E-state index contributed by atoms with van der Waals surface area (Å²) in [6.07, 6.45) is 3.13. The van der Waals surface area contributed by atoms with E-state index in [0.717, 1.165) is 0 Å². The summed E-state index contributed by atoms with van der Waals surface area (Å²) >= 11 is 0. The maximum Gasteiger partial charge on any atom is 0.253 e. The highest BCUT2D eigenvalue weighted by Gasteiger charge is 2.08. The topological polar surface area (TPSA) is 78.7 Å². The number of nitrogens with one attached hydrogen (secondary N) is 1. The number of rotatable bonds is 3. The lowest BCUT2D eigenvalue weighted by molar-refractivity contribution is 0.0940. The highest BCUT2D eigenvalue weighted by Crippen LogP contribution is 1.96. The highest BCUT2D eigenvalue weighted by molar-refractivity contribution is 5.93. The van der Waals surface area contributed by atoms with E-state index in [1.165, 1.54) is 12.4 Å². The van der Waals surface area contributed by atoms with Crippen LogP contribution in [0.25, 0.3) is 0 Å². The molecule has 1 aromatic rings. The van der Waals surface area contributed by atoms with Crippen LogP contribution in [0.2, 0.25) is 0 Å². The third kappa shape index (κ3) is 2.83. The predicted molar refractivity (Wildman–Crippen MR) is 49.2 cm³/mol. The molecule has 1 rings (SSSR count). The average Bonchev–Trinajstić information content (AvgIpc) is 2.19. The van der Waals surface area contributed by atoms with Crippen molar-refractivity contribution >= 4 is 5.91 Å². The molecule has 1 amide bonds. The Morgan fingerprint density at radius 2 is 2.50 bits per heavy atom. The van der Waals surface area contributed by atoms with Crippen molar-refractivity contribution in [3.8, 4) is 6.07 Å². The standard InChI is InChI=1S/C9H10N4O/c1-7(2-4-10)13-9(14)8-3-5-11-12-6-8/h3,5-7H,2H2,1H3,(H,13,14). The largest absolute Gasteiger partial charge is 0.348 e. The van der Waals surface area contributed by atoms with Crippen molar-refractivity contribution in [2.24, 2.45) is 0 Å². The van der Waals surface area contributed by atoms with Gasteiger partial charge in [0.1, 0.15) is 0 Å². The van der Waals surface area contributed by atoms with Gasteiger partial charge in [-0.15, -0.1) is 0 Å². The van der Waals surface area contributed by atoms with Gasteiger partial charge in [-0.1, -0.05) is 0 Å². The van der Waals surface area contributed by atoms with E-state index in [1.54, 1.807) is 13.0 Å². The first kappa shape index (κ1) is 10.1. The number of hydrogen-bond donors (Lipinski definition) is 1. The van der Waals surface area contributed by atoms with Crippen LogP contribution in [0.1, 0.15) is 23.7 Å². The van der Waals surface area contributed by atoms with Crippen molar-refractivity contribution in [3.63, 3.8) is 0 Å². The van der Waals surface area contributed by atoms with Crippen LogP contribution in [0.5, 0.6) is 0 Å².